The summed E-state index contributed by atoms with van der Waals surface area (Å²) in [6.45, 7) is 8.22. The first kappa shape index (κ1) is 26.8. The third kappa shape index (κ3) is 5.81. The Morgan fingerprint density at radius 2 is 1.69 bits per heavy atom. The van der Waals surface area contributed by atoms with Gasteiger partial charge in [0.1, 0.15) is 11.2 Å². The molecule has 0 spiro atoms. The molecule has 5 rings (SSSR count). The van der Waals surface area contributed by atoms with E-state index in [0.29, 0.717) is 36.9 Å². The minimum absolute atomic E-state index is 0.0929. The van der Waals surface area contributed by atoms with Crippen LogP contribution in [-0.2, 0) is 11.2 Å². The molecule has 8 nitrogen and oxygen atoms in total. The Labute approximate surface area is 233 Å². The van der Waals surface area contributed by atoms with Crippen LogP contribution in [0.1, 0.15) is 54.7 Å². The van der Waals surface area contributed by atoms with E-state index in [4.69, 9.17) is 16.3 Å². The molecule has 1 saturated heterocycles. The van der Waals surface area contributed by atoms with Crippen molar-refractivity contribution in [1.82, 2.24) is 9.47 Å². The van der Waals surface area contributed by atoms with Crippen LogP contribution in [0.3, 0.4) is 0 Å². The van der Waals surface area contributed by atoms with Crippen LogP contribution in [0.5, 0.6) is 0 Å². The molecule has 1 aliphatic heterocycles. The van der Waals surface area contributed by atoms with Gasteiger partial charge in [-0.1, -0.05) is 23.7 Å². The van der Waals surface area contributed by atoms with Gasteiger partial charge in [0.05, 0.1) is 6.04 Å². The number of hydrogen-bond acceptors (Lipinski definition) is 5. The maximum atomic E-state index is 13.5. The van der Waals surface area contributed by atoms with Gasteiger partial charge < -0.3 is 24.4 Å². The van der Waals surface area contributed by atoms with Gasteiger partial charge in [-0.05, 0) is 87.2 Å². The number of aromatic nitrogens is 1. The number of anilines is 2. The normalized spacial score (nSPS) is 17.1. The second kappa shape index (κ2) is 10.8. The van der Waals surface area contributed by atoms with Gasteiger partial charge >= 0.3 is 6.09 Å². The van der Waals surface area contributed by atoms with Crippen LogP contribution in [0.25, 0.3) is 0 Å². The molecule has 0 saturated carbocycles. The minimum Gasteiger partial charge on any atom is -0.444 e. The Morgan fingerprint density at radius 1 is 0.974 bits per heavy atom. The minimum atomic E-state index is -0.518. The highest BCUT2D eigenvalue weighted by molar-refractivity contribution is 6.30. The smallest absolute Gasteiger partial charge is 0.410 e. The molecule has 1 aliphatic carbocycles. The van der Waals surface area contributed by atoms with Crippen molar-refractivity contribution in [2.45, 2.75) is 45.3 Å². The monoisotopic (exact) mass is 548 g/mol. The summed E-state index contributed by atoms with van der Waals surface area (Å²) >= 11 is 5.94. The molecule has 39 heavy (non-hydrogen) atoms. The van der Waals surface area contributed by atoms with Crippen LogP contribution in [0.15, 0.2) is 65.6 Å². The van der Waals surface area contributed by atoms with Crippen molar-refractivity contribution in [3.63, 3.8) is 0 Å². The van der Waals surface area contributed by atoms with Crippen molar-refractivity contribution in [2.75, 3.05) is 36.4 Å². The van der Waals surface area contributed by atoms with Crippen molar-refractivity contribution < 1.29 is 14.3 Å². The number of nitrogens with zero attached hydrogens (tertiary/aromatic N) is 3. The lowest BCUT2D eigenvalue weighted by molar-refractivity contribution is 0.0240. The van der Waals surface area contributed by atoms with Crippen molar-refractivity contribution in [2.24, 2.45) is 0 Å². The molecule has 2 aliphatic rings. The zero-order valence-electron chi connectivity index (χ0n) is 22.4. The van der Waals surface area contributed by atoms with E-state index >= 15 is 0 Å². The molecule has 0 radical (unpaired) electrons. The van der Waals surface area contributed by atoms with Gasteiger partial charge in [0, 0.05) is 48.8 Å². The molecule has 2 heterocycles. The van der Waals surface area contributed by atoms with Gasteiger partial charge in [-0.3, -0.25) is 9.59 Å². The molecule has 1 aromatic heterocycles. The molecule has 1 N–H and O–H groups in total. The summed E-state index contributed by atoms with van der Waals surface area (Å²) in [6.07, 6.45) is 3.08. The SMILES string of the molecule is CC(C)(C)OC(=O)N1CCN(c2cccc3c2CCC3n2cccc(C(=O)Nc3ccc(Cl)cc3)c2=O)CC1. The van der Waals surface area contributed by atoms with Gasteiger partial charge in [0.2, 0.25) is 0 Å². The molecule has 2 aromatic carbocycles. The number of fused-ring (bicyclic) bond motifs is 1. The Morgan fingerprint density at radius 3 is 2.38 bits per heavy atom. The number of halogens is 1. The van der Waals surface area contributed by atoms with Gasteiger partial charge in [-0.25, -0.2) is 4.79 Å². The highest BCUT2D eigenvalue weighted by Crippen LogP contribution is 2.39. The Kier molecular flexibility index (Phi) is 7.40. The quantitative estimate of drug-likeness (QED) is 0.475. The first-order valence-electron chi connectivity index (χ1n) is 13.2. The zero-order valence-corrected chi connectivity index (χ0v) is 23.2. The number of rotatable bonds is 4. The van der Waals surface area contributed by atoms with E-state index in [0.717, 1.165) is 24.1 Å². The summed E-state index contributed by atoms with van der Waals surface area (Å²) in [5.41, 5.74) is 3.28. The third-order valence-electron chi connectivity index (χ3n) is 7.14. The van der Waals surface area contributed by atoms with Crippen LogP contribution < -0.4 is 15.8 Å². The van der Waals surface area contributed by atoms with Crippen molar-refractivity contribution >= 4 is 35.0 Å². The number of pyridine rings is 1. The molecule has 2 amide bonds. The predicted molar refractivity (Wildman–Crippen MR) is 153 cm³/mol. The summed E-state index contributed by atoms with van der Waals surface area (Å²) < 4.78 is 7.21. The first-order valence-corrected chi connectivity index (χ1v) is 13.6. The van der Waals surface area contributed by atoms with Crippen LogP contribution in [0.2, 0.25) is 5.02 Å². The van der Waals surface area contributed by atoms with E-state index < -0.39 is 11.5 Å². The second-order valence-corrected chi connectivity index (χ2v) is 11.4. The largest absolute Gasteiger partial charge is 0.444 e. The maximum Gasteiger partial charge on any atom is 0.410 e. The third-order valence-corrected chi connectivity index (χ3v) is 7.40. The molecular formula is C30H33ClN4O4. The van der Waals surface area contributed by atoms with E-state index in [9.17, 15) is 14.4 Å². The van der Waals surface area contributed by atoms with Gasteiger partial charge in [-0.15, -0.1) is 0 Å². The zero-order chi connectivity index (χ0) is 27.7. The molecule has 9 heteroatoms. The Hall–Kier alpha value is -3.78. The molecule has 0 bridgehead atoms. The summed E-state index contributed by atoms with van der Waals surface area (Å²) in [5.74, 6) is -0.452. The predicted octanol–water partition coefficient (Wildman–Crippen LogP) is 5.35. The number of ether oxygens (including phenoxy) is 1. The van der Waals surface area contributed by atoms with Crippen LogP contribution in [-0.4, -0.2) is 53.2 Å². The summed E-state index contributed by atoms with van der Waals surface area (Å²) in [7, 11) is 0. The number of nitrogens with one attached hydrogen (secondary N) is 1. The average molecular weight is 549 g/mol. The van der Waals surface area contributed by atoms with Gasteiger partial charge in [0.15, 0.2) is 0 Å². The fraction of sp³-hybridized carbons (Fsp3) is 0.367. The first-order chi connectivity index (χ1) is 18.6. The van der Waals surface area contributed by atoms with E-state index in [1.165, 1.54) is 5.56 Å². The van der Waals surface area contributed by atoms with E-state index in [1.54, 1.807) is 52.1 Å². The number of piperazine rings is 1. The van der Waals surface area contributed by atoms with Crippen molar-refractivity contribution in [1.29, 1.82) is 0 Å². The molecule has 1 fully saturated rings. The van der Waals surface area contributed by atoms with E-state index in [-0.39, 0.29) is 23.3 Å². The second-order valence-electron chi connectivity index (χ2n) is 10.9. The number of amides is 2. The highest BCUT2D eigenvalue weighted by atomic mass is 35.5. The number of carbonyl (C=O) groups is 2. The molecule has 1 atom stereocenters. The average Bonchev–Trinajstić information content (AvgIpc) is 3.33. The fourth-order valence-electron chi connectivity index (χ4n) is 5.31. The lowest BCUT2D eigenvalue weighted by Gasteiger charge is -2.37. The number of carbonyl (C=O) groups excluding carboxylic acids is 2. The fourth-order valence-corrected chi connectivity index (χ4v) is 5.44. The number of benzene rings is 2. The Bertz CT molecular complexity index is 1440. The van der Waals surface area contributed by atoms with Crippen molar-refractivity contribution in [3.05, 3.63) is 92.9 Å². The van der Waals surface area contributed by atoms with Crippen LogP contribution in [0, 0.1) is 0 Å². The molecule has 3 aromatic rings. The lowest BCUT2D eigenvalue weighted by atomic mass is 10.0. The molecular weight excluding hydrogens is 516 g/mol. The Balaban J connectivity index is 1.33. The topological polar surface area (TPSA) is 83.9 Å². The maximum absolute atomic E-state index is 13.5. The lowest BCUT2D eigenvalue weighted by Crippen LogP contribution is -2.50. The van der Waals surface area contributed by atoms with E-state index in [1.807, 2.05) is 26.8 Å². The van der Waals surface area contributed by atoms with Gasteiger partial charge in [0.25, 0.3) is 11.5 Å². The summed E-state index contributed by atoms with van der Waals surface area (Å²) in [5, 5.41) is 3.35. The van der Waals surface area contributed by atoms with Crippen molar-refractivity contribution in [3.8, 4) is 0 Å². The van der Waals surface area contributed by atoms with E-state index in [2.05, 4.69) is 22.3 Å². The van der Waals surface area contributed by atoms with Crippen LogP contribution in [0.4, 0.5) is 16.2 Å². The summed E-state index contributed by atoms with van der Waals surface area (Å²) in [6, 6.07) is 16.1. The summed E-state index contributed by atoms with van der Waals surface area (Å²) in [4.78, 5) is 43.0. The number of hydrogen-bond donors (Lipinski definition) is 1. The highest BCUT2D eigenvalue weighted by Gasteiger charge is 2.31. The van der Waals surface area contributed by atoms with Crippen LogP contribution >= 0.6 is 11.6 Å². The van der Waals surface area contributed by atoms with Gasteiger partial charge in [-0.2, -0.15) is 0 Å². The molecule has 204 valence electrons. The standard InChI is InChI=1S/C30H33ClN4O4/c1-30(2,3)39-29(38)34-18-16-33(17-19-34)25-8-4-6-22-23(25)13-14-26(22)35-15-5-7-24(28(35)37)27(36)32-21-11-9-20(31)10-12-21/h4-12,15,26H,13-14,16-19H2,1-3H3,(H,32,36). The molecule has 1 unspecified atom stereocenters.